The molecular formula is C7H10N6O2. The molecule has 8 nitrogen and oxygen atoms in total. The number of amides is 2. The lowest BCUT2D eigenvalue weighted by Crippen LogP contribution is -2.49. The fraction of sp³-hybridized carbons (Fsp3) is 0.571. The van der Waals surface area contributed by atoms with Gasteiger partial charge in [-0.15, -0.1) is 0 Å². The highest BCUT2D eigenvalue weighted by molar-refractivity contribution is 5.80. The summed E-state index contributed by atoms with van der Waals surface area (Å²) in [6.45, 7) is 0. The van der Waals surface area contributed by atoms with Gasteiger partial charge >= 0.3 is 6.03 Å². The van der Waals surface area contributed by atoms with Crippen molar-refractivity contribution in [2.45, 2.75) is 12.3 Å². The molecule has 0 radical (unpaired) electrons. The van der Waals surface area contributed by atoms with Crippen LogP contribution in [0.3, 0.4) is 0 Å². The smallest absolute Gasteiger partial charge is 0.323 e. The molecular weight excluding hydrogens is 200 g/mol. The van der Waals surface area contributed by atoms with Gasteiger partial charge in [0, 0.05) is 14.1 Å². The summed E-state index contributed by atoms with van der Waals surface area (Å²) in [7, 11) is 3.47. The number of carbonyl (C=O) groups excluding carboxylic acids is 1. The third-order valence-corrected chi connectivity index (χ3v) is 2.79. The van der Waals surface area contributed by atoms with E-state index in [1.165, 1.54) is 0 Å². The van der Waals surface area contributed by atoms with E-state index in [4.69, 9.17) is 0 Å². The van der Waals surface area contributed by atoms with Gasteiger partial charge in [-0.3, -0.25) is 0 Å². The van der Waals surface area contributed by atoms with Crippen LogP contribution in [-0.4, -0.2) is 52.6 Å². The van der Waals surface area contributed by atoms with Gasteiger partial charge in [0.1, 0.15) is 12.3 Å². The largest absolute Gasteiger partial charge is 0.341 e. The Morgan fingerprint density at radius 3 is 2.07 bits per heavy atom. The van der Waals surface area contributed by atoms with Crippen LogP contribution >= 0.6 is 0 Å². The van der Waals surface area contributed by atoms with Crippen molar-refractivity contribution in [3.05, 3.63) is 0 Å². The first kappa shape index (κ1) is 8.33. The predicted molar refractivity (Wildman–Crippen MR) is 50.0 cm³/mol. The van der Waals surface area contributed by atoms with Crippen molar-refractivity contribution >= 4 is 17.7 Å². The Labute approximate surface area is 85.2 Å². The first-order chi connectivity index (χ1) is 7.18. The number of urea groups is 1. The normalized spacial score (nSPS) is 28.3. The van der Waals surface area contributed by atoms with Crippen molar-refractivity contribution in [1.82, 2.24) is 20.1 Å². The molecule has 0 saturated carbocycles. The zero-order chi connectivity index (χ0) is 10.6. The summed E-state index contributed by atoms with van der Waals surface area (Å²) in [5.74, 6) is 1.07. The summed E-state index contributed by atoms with van der Waals surface area (Å²) in [6.07, 6.45) is -0.302. The van der Waals surface area contributed by atoms with E-state index in [1.54, 1.807) is 23.9 Å². The molecule has 2 atom stereocenters. The Balaban J connectivity index is 1.98. The highest BCUT2D eigenvalue weighted by atomic mass is 16.6. The molecule has 1 aromatic heterocycles. The number of nitrogens with zero attached hydrogens (tertiary/aromatic N) is 4. The summed E-state index contributed by atoms with van der Waals surface area (Å²) in [5, 5.41) is 13.5. The minimum absolute atomic E-state index is 0.0490. The molecule has 15 heavy (non-hydrogen) atoms. The first-order valence-corrected chi connectivity index (χ1v) is 4.54. The number of anilines is 2. The molecule has 2 aliphatic rings. The molecule has 2 amide bonds. The second-order valence-electron chi connectivity index (χ2n) is 3.64. The van der Waals surface area contributed by atoms with Gasteiger partial charge in [-0.05, 0) is 10.3 Å². The van der Waals surface area contributed by atoms with Crippen LogP contribution in [0.4, 0.5) is 16.4 Å². The third kappa shape index (κ3) is 0.928. The lowest BCUT2D eigenvalue weighted by atomic mass is 10.3. The lowest BCUT2D eigenvalue weighted by Gasteiger charge is -2.30. The van der Waals surface area contributed by atoms with E-state index in [0.29, 0.717) is 11.6 Å². The second kappa shape index (κ2) is 2.53. The number of carbonyl (C=O) groups is 1. The average Bonchev–Trinajstić information content (AvgIpc) is 2.77. The fourth-order valence-corrected chi connectivity index (χ4v) is 1.92. The minimum Gasteiger partial charge on any atom is -0.341 e. The number of hydrogen-bond acceptors (Lipinski definition) is 6. The molecule has 0 aromatic carbocycles. The van der Waals surface area contributed by atoms with Crippen LogP contribution in [0.1, 0.15) is 0 Å². The van der Waals surface area contributed by atoms with Crippen LogP contribution in [0.15, 0.2) is 4.63 Å². The summed E-state index contributed by atoms with van der Waals surface area (Å²) in [5.41, 5.74) is 0. The topological polar surface area (TPSA) is 86.5 Å². The van der Waals surface area contributed by atoms with E-state index in [1.807, 2.05) is 0 Å². The molecule has 0 spiro atoms. The Hall–Kier alpha value is -1.99. The van der Waals surface area contributed by atoms with E-state index >= 15 is 0 Å². The molecule has 0 aliphatic carbocycles. The fourth-order valence-electron chi connectivity index (χ4n) is 1.92. The molecule has 3 heterocycles. The monoisotopic (exact) mass is 210 g/mol. The quantitative estimate of drug-likeness (QED) is 0.603. The van der Waals surface area contributed by atoms with Gasteiger partial charge < -0.3 is 20.4 Å². The van der Waals surface area contributed by atoms with Crippen LogP contribution in [0.5, 0.6) is 0 Å². The van der Waals surface area contributed by atoms with Crippen molar-refractivity contribution in [3.63, 3.8) is 0 Å². The SMILES string of the molecule is CN1C(=O)N(C)C2Nc3nonc3NC21. The summed E-state index contributed by atoms with van der Waals surface area (Å²) < 4.78 is 4.58. The molecule has 2 unspecified atom stereocenters. The average molecular weight is 210 g/mol. The Bertz CT molecular complexity index is 383. The second-order valence-corrected chi connectivity index (χ2v) is 3.64. The highest BCUT2D eigenvalue weighted by Crippen LogP contribution is 2.30. The molecule has 1 fully saturated rings. The number of nitrogens with one attached hydrogen (secondary N) is 2. The van der Waals surface area contributed by atoms with Crippen LogP contribution in [0.25, 0.3) is 0 Å². The van der Waals surface area contributed by atoms with E-state index < -0.39 is 0 Å². The van der Waals surface area contributed by atoms with Crippen molar-refractivity contribution in [2.75, 3.05) is 24.7 Å². The molecule has 1 aromatic rings. The maximum Gasteiger partial charge on any atom is 0.323 e. The van der Waals surface area contributed by atoms with E-state index in [2.05, 4.69) is 25.6 Å². The molecule has 1 saturated heterocycles. The van der Waals surface area contributed by atoms with Crippen molar-refractivity contribution < 1.29 is 9.42 Å². The van der Waals surface area contributed by atoms with Gasteiger partial charge in [0.25, 0.3) is 0 Å². The Kier molecular flexibility index (Phi) is 1.40. The minimum atomic E-state index is -0.151. The molecule has 2 N–H and O–H groups in total. The number of rotatable bonds is 0. The number of aromatic nitrogens is 2. The zero-order valence-corrected chi connectivity index (χ0v) is 8.26. The molecule has 8 heteroatoms. The van der Waals surface area contributed by atoms with Crippen molar-refractivity contribution in [3.8, 4) is 0 Å². The van der Waals surface area contributed by atoms with E-state index in [9.17, 15) is 4.79 Å². The molecule has 2 aliphatic heterocycles. The maximum absolute atomic E-state index is 11.7. The molecule has 0 bridgehead atoms. The van der Waals surface area contributed by atoms with Crippen LogP contribution in [0, 0.1) is 0 Å². The Morgan fingerprint density at radius 2 is 1.60 bits per heavy atom. The van der Waals surface area contributed by atoms with Gasteiger partial charge in [-0.1, -0.05) is 0 Å². The molecule has 80 valence electrons. The molecule has 3 rings (SSSR count). The van der Waals surface area contributed by atoms with Gasteiger partial charge in [0.05, 0.1) is 0 Å². The maximum atomic E-state index is 11.7. The number of likely N-dealkylation sites (N-methyl/N-ethyl adjacent to an activating group) is 2. The van der Waals surface area contributed by atoms with Gasteiger partial charge in [0.15, 0.2) is 0 Å². The summed E-state index contributed by atoms with van der Waals surface area (Å²) in [6, 6.07) is -0.0490. The van der Waals surface area contributed by atoms with Crippen LogP contribution < -0.4 is 10.6 Å². The Morgan fingerprint density at radius 1 is 1.13 bits per heavy atom. The number of hydrogen-bond donors (Lipinski definition) is 2. The number of fused-ring (bicyclic) bond motifs is 2. The van der Waals surface area contributed by atoms with Gasteiger partial charge in [-0.2, -0.15) is 0 Å². The first-order valence-electron chi connectivity index (χ1n) is 4.54. The van der Waals surface area contributed by atoms with Crippen LogP contribution in [0.2, 0.25) is 0 Å². The van der Waals surface area contributed by atoms with Crippen molar-refractivity contribution in [2.24, 2.45) is 0 Å². The standard InChI is InChI=1S/C7H10N6O2/c1-12-5-6(13(2)7(12)14)9-4-3(8-5)10-15-11-4/h5-6H,1-2H3,(H,8,10)(H,9,11). The van der Waals surface area contributed by atoms with E-state index in [0.717, 1.165) is 0 Å². The van der Waals surface area contributed by atoms with Crippen LogP contribution in [-0.2, 0) is 0 Å². The van der Waals surface area contributed by atoms with Gasteiger partial charge in [0.2, 0.25) is 11.6 Å². The van der Waals surface area contributed by atoms with Crippen molar-refractivity contribution in [1.29, 1.82) is 0 Å². The van der Waals surface area contributed by atoms with E-state index in [-0.39, 0.29) is 18.4 Å². The third-order valence-electron chi connectivity index (χ3n) is 2.79. The summed E-state index contributed by atoms with van der Waals surface area (Å²) >= 11 is 0. The highest BCUT2D eigenvalue weighted by Gasteiger charge is 2.45. The van der Waals surface area contributed by atoms with Gasteiger partial charge in [-0.25, -0.2) is 9.42 Å². The lowest BCUT2D eigenvalue weighted by molar-refractivity contribution is 0.201. The zero-order valence-electron chi connectivity index (χ0n) is 8.26. The predicted octanol–water partition coefficient (Wildman–Crippen LogP) is -0.444. The summed E-state index contributed by atoms with van der Waals surface area (Å²) in [4.78, 5) is 14.9.